The number of hydrogen-bond donors (Lipinski definition) is 1. The van der Waals surface area contributed by atoms with Gasteiger partial charge in [-0.15, -0.1) is 0 Å². The van der Waals surface area contributed by atoms with Gasteiger partial charge in [0, 0.05) is 32.7 Å². The Morgan fingerprint density at radius 2 is 2.22 bits per heavy atom. The molecular weight excluding hydrogens is 230 g/mol. The summed E-state index contributed by atoms with van der Waals surface area (Å²) in [5, 5.41) is 3.00. The van der Waals surface area contributed by atoms with Crippen molar-refractivity contribution in [2.75, 3.05) is 46.4 Å². The quantitative estimate of drug-likeness (QED) is 0.792. The van der Waals surface area contributed by atoms with E-state index in [4.69, 9.17) is 4.74 Å². The largest absolute Gasteiger partial charge is 0.374 e. The van der Waals surface area contributed by atoms with Gasteiger partial charge in [-0.1, -0.05) is 6.92 Å². The number of morpholine rings is 1. The number of likely N-dealkylation sites (N-methyl/N-ethyl adjacent to an activating group) is 1. The molecule has 0 radical (unpaired) electrons. The Balaban J connectivity index is 1.70. The maximum absolute atomic E-state index is 12.0. The molecular formula is C13H25N3O2. The molecule has 0 aromatic heterocycles. The highest BCUT2D eigenvalue weighted by Gasteiger charge is 2.23. The minimum absolute atomic E-state index is 0.0679. The molecule has 104 valence electrons. The van der Waals surface area contributed by atoms with Gasteiger partial charge in [0.2, 0.25) is 0 Å². The summed E-state index contributed by atoms with van der Waals surface area (Å²) in [5.41, 5.74) is 0. The number of rotatable bonds is 2. The third kappa shape index (κ3) is 3.85. The normalized spacial score (nSPS) is 30.2. The summed E-state index contributed by atoms with van der Waals surface area (Å²) in [6, 6.07) is 0.0679. The van der Waals surface area contributed by atoms with Crippen LogP contribution in [-0.2, 0) is 4.74 Å². The van der Waals surface area contributed by atoms with Gasteiger partial charge in [0.25, 0.3) is 0 Å². The Labute approximate surface area is 109 Å². The smallest absolute Gasteiger partial charge is 0.317 e. The van der Waals surface area contributed by atoms with Crippen LogP contribution in [0.5, 0.6) is 0 Å². The Hall–Kier alpha value is -0.810. The van der Waals surface area contributed by atoms with Crippen molar-refractivity contribution in [1.29, 1.82) is 0 Å². The molecule has 0 aliphatic carbocycles. The molecule has 0 aromatic carbocycles. The molecule has 2 rings (SSSR count). The van der Waals surface area contributed by atoms with Crippen molar-refractivity contribution >= 4 is 6.03 Å². The lowest BCUT2D eigenvalue weighted by Crippen LogP contribution is -2.50. The van der Waals surface area contributed by atoms with Crippen molar-refractivity contribution in [3.63, 3.8) is 0 Å². The zero-order valence-corrected chi connectivity index (χ0v) is 11.5. The minimum Gasteiger partial charge on any atom is -0.374 e. The molecule has 0 saturated carbocycles. The van der Waals surface area contributed by atoms with Gasteiger partial charge in [0.1, 0.15) is 0 Å². The molecule has 2 heterocycles. The number of ether oxygens (including phenoxy) is 1. The van der Waals surface area contributed by atoms with Gasteiger partial charge in [-0.05, 0) is 25.8 Å². The summed E-state index contributed by atoms with van der Waals surface area (Å²) in [6.07, 6.45) is 2.49. The number of urea groups is 1. The number of likely N-dealkylation sites (tertiary alicyclic amines) is 1. The Kier molecular flexibility index (Phi) is 4.83. The third-order valence-corrected chi connectivity index (χ3v) is 3.77. The number of carbonyl (C=O) groups is 1. The SMILES string of the molecule is CC1CCCN(C(=O)NCC2CN(C)CCO2)C1. The molecule has 5 nitrogen and oxygen atoms in total. The summed E-state index contributed by atoms with van der Waals surface area (Å²) in [7, 11) is 2.09. The van der Waals surface area contributed by atoms with Crippen LogP contribution in [0.15, 0.2) is 0 Å². The molecule has 0 aromatic rings. The monoisotopic (exact) mass is 255 g/mol. The molecule has 2 unspecified atom stereocenters. The van der Waals surface area contributed by atoms with Gasteiger partial charge in [-0.25, -0.2) is 4.79 Å². The lowest BCUT2D eigenvalue weighted by atomic mass is 10.0. The molecule has 18 heavy (non-hydrogen) atoms. The standard InChI is InChI=1S/C13H25N3O2/c1-11-4-3-5-16(9-11)13(17)14-8-12-10-15(2)6-7-18-12/h11-12H,3-10H2,1-2H3,(H,14,17). The molecule has 2 atom stereocenters. The average molecular weight is 255 g/mol. The maximum atomic E-state index is 12.0. The highest BCUT2D eigenvalue weighted by atomic mass is 16.5. The van der Waals surface area contributed by atoms with E-state index in [2.05, 4.69) is 24.2 Å². The zero-order valence-electron chi connectivity index (χ0n) is 11.5. The van der Waals surface area contributed by atoms with Crippen molar-refractivity contribution in [2.24, 2.45) is 5.92 Å². The molecule has 2 saturated heterocycles. The predicted octanol–water partition coefficient (Wildman–Crippen LogP) is 0.759. The number of piperidine rings is 1. The fraction of sp³-hybridized carbons (Fsp3) is 0.923. The van der Waals surface area contributed by atoms with E-state index in [0.717, 1.165) is 39.2 Å². The number of nitrogens with zero attached hydrogens (tertiary/aromatic N) is 2. The number of amides is 2. The van der Waals surface area contributed by atoms with Crippen LogP contribution in [0.25, 0.3) is 0 Å². The molecule has 2 amide bonds. The molecule has 2 fully saturated rings. The van der Waals surface area contributed by atoms with Gasteiger partial charge in [-0.2, -0.15) is 0 Å². The number of carbonyl (C=O) groups excluding carboxylic acids is 1. The second-order valence-electron chi connectivity index (χ2n) is 5.63. The fourth-order valence-electron chi connectivity index (χ4n) is 2.68. The van der Waals surface area contributed by atoms with E-state index in [-0.39, 0.29) is 12.1 Å². The first-order valence-corrected chi connectivity index (χ1v) is 6.98. The van der Waals surface area contributed by atoms with Gasteiger partial charge in [0.15, 0.2) is 0 Å². The predicted molar refractivity (Wildman–Crippen MR) is 70.6 cm³/mol. The van der Waals surface area contributed by atoms with Crippen molar-refractivity contribution in [3.05, 3.63) is 0 Å². The third-order valence-electron chi connectivity index (χ3n) is 3.77. The Morgan fingerprint density at radius 3 is 2.94 bits per heavy atom. The van der Waals surface area contributed by atoms with E-state index in [1.54, 1.807) is 0 Å². The molecule has 0 bridgehead atoms. The van der Waals surface area contributed by atoms with Crippen LogP contribution >= 0.6 is 0 Å². The van der Waals surface area contributed by atoms with Gasteiger partial charge >= 0.3 is 6.03 Å². The summed E-state index contributed by atoms with van der Waals surface area (Å²) < 4.78 is 5.63. The number of nitrogens with one attached hydrogen (secondary N) is 1. The van der Waals surface area contributed by atoms with E-state index in [1.165, 1.54) is 6.42 Å². The summed E-state index contributed by atoms with van der Waals surface area (Å²) in [4.78, 5) is 16.2. The van der Waals surface area contributed by atoms with Crippen LogP contribution in [-0.4, -0.2) is 68.3 Å². The molecule has 2 aliphatic heterocycles. The highest BCUT2D eigenvalue weighted by Crippen LogP contribution is 2.15. The van der Waals surface area contributed by atoms with E-state index in [1.807, 2.05) is 4.90 Å². The Morgan fingerprint density at radius 1 is 1.39 bits per heavy atom. The molecule has 0 spiro atoms. The summed E-state index contributed by atoms with van der Waals surface area (Å²) in [6.45, 7) is 7.24. The first-order chi connectivity index (χ1) is 8.65. The fourth-order valence-corrected chi connectivity index (χ4v) is 2.68. The van der Waals surface area contributed by atoms with E-state index in [0.29, 0.717) is 12.5 Å². The lowest BCUT2D eigenvalue weighted by molar-refractivity contribution is -0.0173. The van der Waals surface area contributed by atoms with Crippen LogP contribution in [0.2, 0.25) is 0 Å². The van der Waals surface area contributed by atoms with Crippen molar-refractivity contribution < 1.29 is 9.53 Å². The van der Waals surface area contributed by atoms with Crippen LogP contribution < -0.4 is 5.32 Å². The second kappa shape index (κ2) is 6.38. The zero-order chi connectivity index (χ0) is 13.0. The van der Waals surface area contributed by atoms with E-state index >= 15 is 0 Å². The maximum Gasteiger partial charge on any atom is 0.317 e. The first-order valence-electron chi connectivity index (χ1n) is 6.98. The topological polar surface area (TPSA) is 44.8 Å². The summed E-state index contributed by atoms with van der Waals surface area (Å²) in [5.74, 6) is 0.626. The second-order valence-corrected chi connectivity index (χ2v) is 5.63. The van der Waals surface area contributed by atoms with Crippen molar-refractivity contribution in [2.45, 2.75) is 25.9 Å². The highest BCUT2D eigenvalue weighted by molar-refractivity contribution is 5.74. The van der Waals surface area contributed by atoms with Crippen molar-refractivity contribution in [1.82, 2.24) is 15.1 Å². The van der Waals surface area contributed by atoms with Crippen LogP contribution in [0, 0.1) is 5.92 Å². The van der Waals surface area contributed by atoms with Crippen LogP contribution in [0.3, 0.4) is 0 Å². The number of hydrogen-bond acceptors (Lipinski definition) is 3. The average Bonchev–Trinajstić information content (AvgIpc) is 2.36. The molecule has 5 heteroatoms. The lowest BCUT2D eigenvalue weighted by Gasteiger charge is -2.33. The van der Waals surface area contributed by atoms with Crippen LogP contribution in [0.4, 0.5) is 4.79 Å². The van der Waals surface area contributed by atoms with E-state index in [9.17, 15) is 4.79 Å². The van der Waals surface area contributed by atoms with E-state index < -0.39 is 0 Å². The minimum atomic E-state index is 0.0679. The summed E-state index contributed by atoms with van der Waals surface area (Å²) >= 11 is 0. The molecule has 1 N–H and O–H groups in total. The molecule has 2 aliphatic rings. The van der Waals surface area contributed by atoms with Crippen molar-refractivity contribution in [3.8, 4) is 0 Å². The van der Waals surface area contributed by atoms with Crippen LogP contribution in [0.1, 0.15) is 19.8 Å². The van der Waals surface area contributed by atoms with Gasteiger partial charge in [0.05, 0.1) is 12.7 Å². The van der Waals surface area contributed by atoms with Gasteiger partial charge in [-0.3, -0.25) is 0 Å². The Bertz CT molecular complexity index is 285. The van der Waals surface area contributed by atoms with Gasteiger partial charge < -0.3 is 19.9 Å². The first kappa shape index (κ1) is 13.6.